The Morgan fingerprint density at radius 3 is 2.48 bits per heavy atom. The summed E-state index contributed by atoms with van der Waals surface area (Å²) >= 11 is 0. The molecule has 124 valence electrons. The molecule has 2 fully saturated rings. The maximum absolute atomic E-state index is 12.9. The molecule has 1 heterocycles. The van der Waals surface area contributed by atoms with E-state index in [9.17, 15) is 4.79 Å². The summed E-state index contributed by atoms with van der Waals surface area (Å²) in [6.07, 6.45) is 9.06. The number of hydrogen-bond donors (Lipinski definition) is 1. The zero-order chi connectivity index (χ0) is 14.4. The van der Waals surface area contributed by atoms with Crippen molar-refractivity contribution in [2.24, 2.45) is 17.8 Å². The van der Waals surface area contributed by atoms with E-state index in [2.05, 4.69) is 24.1 Å². The lowest BCUT2D eigenvalue weighted by atomic mass is 9.78. The van der Waals surface area contributed by atoms with E-state index >= 15 is 0 Å². The van der Waals surface area contributed by atoms with Gasteiger partial charge >= 0.3 is 0 Å². The summed E-state index contributed by atoms with van der Waals surface area (Å²) in [5, 5.41) is 3.39. The van der Waals surface area contributed by atoms with Crippen molar-refractivity contribution in [1.29, 1.82) is 0 Å². The van der Waals surface area contributed by atoms with E-state index in [1.165, 1.54) is 32.1 Å². The van der Waals surface area contributed by atoms with Crippen molar-refractivity contribution in [3.63, 3.8) is 0 Å². The highest BCUT2D eigenvalue weighted by Crippen LogP contribution is 2.32. The summed E-state index contributed by atoms with van der Waals surface area (Å²) in [7, 11) is 0. The maximum Gasteiger partial charge on any atom is 0.225 e. The molecule has 4 heteroatoms. The van der Waals surface area contributed by atoms with E-state index in [0.29, 0.717) is 11.8 Å². The van der Waals surface area contributed by atoms with Crippen molar-refractivity contribution in [2.45, 2.75) is 58.8 Å². The Morgan fingerprint density at radius 2 is 1.81 bits per heavy atom. The second-order valence-electron chi connectivity index (χ2n) is 7.02. The van der Waals surface area contributed by atoms with Gasteiger partial charge in [0.2, 0.25) is 5.91 Å². The number of halogens is 1. The minimum absolute atomic E-state index is 0. The van der Waals surface area contributed by atoms with E-state index in [0.717, 1.165) is 44.9 Å². The summed E-state index contributed by atoms with van der Waals surface area (Å²) in [4.78, 5) is 15.0. The van der Waals surface area contributed by atoms with Crippen LogP contribution in [-0.4, -0.2) is 37.0 Å². The molecular formula is C17H33ClN2O. The lowest BCUT2D eigenvalue weighted by Gasteiger charge is -2.32. The number of hydrogen-bond acceptors (Lipinski definition) is 2. The fourth-order valence-electron chi connectivity index (χ4n) is 3.74. The molecule has 2 rings (SSSR count). The molecule has 1 saturated carbocycles. The molecule has 0 aromatic rings. The smallest absolute Gasteiger partial charge is 0.225 e. The Labute approximate surface area is 136 Å². The van der Waals surface area contributed by atoms with Crippen molar-refractivity contribution in [3.05, 3.63) is 0 Å². The standard InChI is InChI=1S/C17H32N2O.ClH/c1-14(2)16(13-15-7-4-3-5-8-15)17(20)19-11-6-9-18-10-12-19;/h14-16,18H,3-13H2,1-2H3;1H. The van der Waals surface area contributed by atoms with E-state index in [1.807, 2.05) is 0 Å². The molecule has 0 aromatic carbocycles. The molecule has 1 atom stereocenters. The highest BCUT2D eigenvalue weighted by Gasteiger charge is 2.30. The molecular weight excluding hydrogens is 284 g/mol. The number of nitrogens with zero attached hydrogens (tertiary/aromatic N) is 1. The van der Waals surface area contributed by atoms with Crippen LogP contribution in [-0.2, 0) is 4.79 Å². The van der Waals surface area contributed by atoms with Gasteiger partial charge < -0.3 is 10.2 Å². The Bertz CT molecular complexity index is 295. The average Bonchev–Trinajstić information content (AvgIpc) is 2.74. The van der Waals surface area contributed by atoms with Crippen LogP contribution < -0.4 is 5.32 Å². The molecule has 1 aliphatic carbocycles. The predicted octanol–water partition coefficient (Wildman–Crippen LogP) is 3.47. The monoisotopic (exact) mass is 316 g/mol. The van der Waals surface area contributed by atoms with Gasteiger partial charge in [-0.1, -0.05) is 46.0 Å². The van der Waals surface area contributed by atoms with Crippen LogP contribution in [0, 0.1) is 17.8 Å². The molecule has 1 N–H and O–H groups in total. The normalized spacial score (nSPS) is 22.5. The first-order valence-electron chi connectivity index (χ1n) is 8.68. The van der Waals surface area contributed by atoms with Gasteiger partial charge in [0, 0.05) is 25.6 Å². The van der Waals surface area contributed by atoms with Gasteiger partial charge in [-0.3, -0.25) is 4.79 Å². The van der Waals surface area contributed by atoms with Crippen molar-refractivity contribution in [2.75, 3.05) is 26.2 Å². The van der Waals surface area contributed by atoms with Gasteiger partial charge in [-0.25, -0.2) is 0 Å². The van der Waals surface area contributed by atoms with Gasteiger partial charge in [-0.15, -0.1) is 12.4 Å². The molecule has 0 radical (unpaired) electrons. The second-order valence-corrected chi connectivity index (χ2v) is 7.02. The fraction of sp³-hybridized carbons (Fsp3) is 0.941. The van der Waals surface area contributed by atoms with E-state index in [-0.39, 0.29) is 18.3 Å². The van der Waals surface area contributed by atoms with Crippen LogP contribution in [0.5, 0.6) is 0 Å². The summed E-state index contributed by atoms with van der Waals surface area (Å²) in [5.41, 5.74) is 0. The average molecular weight is 317 g/mol. The first-order chi connectivity index (χ1) is 9.68. The van der Waals surface area contributed by atoms with Crippen LogP contribution in [0.2, 0.25) is 0 Å². The SMILES string of the molecule is CC(C)C(CC1CCCCC1)C(=O)N1CCCNCC1.Cl. The second kappa shape index (κ2) is 9.68. The van der Waals surface area contributed by atoms with E-state index in [4.69, 9.17) is 0 Å². The maximum atomic E-state index is 12.9. The molecule has 1 unspecified atom stereocenters. The topological polar surface area (TPSA) is 32.3 Å². The summed E-state index contributed by atoms with van der Waals surface area (Å²) < 4.78 is 0. The quantitative estimate of drug-likeness (QED) is 0.861. The van der Waals surface area contributed by atoms with Gasteiger partial charge in [-0.2, -0.15) is 0 Å². The van der Waals surface area contributed by atoms with E-state index in [1.54, 1.807) is 0 Å². The van der Waals surface area contributed by atoms with E-state index < -0.39 is 0 Å². The van der Waals surface area contributed by atoms with Gasteiger partial charge in [0.15, 0.2) is 0 Å². The largest absolute Gasteiger partial charge is 0.341 e. The first kappa shape index (κ1) is 18.8. The molecule has 0 spiro atoms. The Balaban J connectivity index is 0.00000220. The number of nitrogens with one attached hydrogen (secondary N) is 1. The third-order valence-electron chi connectivity index (χ3n) is 5.09. The van der Waals surface area contributed by atoms with Gasteiger partial charge in [0.25, 0.3) is 0 Å². The highest BCUT2D eigenvalue weighted by molar-refractivity contribution is 5.85. The molecule has 1 saturated heterocycles. The third-order valence-corrected chi connectivity index (χ3v) is 5.09. The predicted molar refractivity (Wildman–Crippen MR) is 90.8 cm³/mol. The van der Waals surface area contributed by atoms with Crippen LogP contribution in [0.25, 0.3) is 0 Å². The zero-order valence-corrected chi connectivity index (χ0v) is 14.6. The molecule has 1 aliphatic heterocycles. The number of amides is 1. The summed E-state index contributed by atoms with van der Waals surface area (Å²) in [5.74, 6) is 1.94. The molecule has 21 heavy (non-hydrogen) atoms. The molecule has 0 aromatic heterocycles. The Hall–Kier alpha value is -0.280. The summed E-state index contributed by atoms with van der Waals surface area (Å²) in [6, 6.07) is 0. The number of carbonyl (C=O) groups is 1. The van der Waals surface area contributed by atoms with Gasteiger partial charge in [-0.05, 0) is 31.2 Å². The lowest BCUT2D eigenvalue weighted by Crippen LogP contribution is -2.41. The van der Waals surface area contributed by atoms with Crippen molar-refractivity contribution < 1.29 is 4.79 Å². The zero-order valence-electron chi connectivity index (χ0n) is 13.8. The molecule has 3 nitrogen and oxygen atoms in total. The third kappa shape index (κ3) is 5.78. The molecule has 0 bridgehead atoms. The Morgan fingerprint density at radius 1 is 1.10 bits per heavy atom. The highest BCUT2D eigenvalue weighted by atomic mass is 35.5. The molecule has 1 amide bonds. The lowest BCUT2D eigenvalue weighted by molar-refractivity contribution is -0.137. The van der Waals surface area contributed by atoms with Crippen molar-refractivity contribution >= 4 is 18.3 Å². The summed E-state index contributed by atoms with van der Waals surface area (Å²) in [6.45, 7) is 8.30. The van der Waals surface area contributed by atoms with Crippen LogP contribution >= 0.6 is 12.4 Å². The van der Waals surface area contributed by atoms with Crippen LogP contribution in [0.4, 0.5) is 0 Å². The van der Waals surface area contributed by atoms with Crippen LogP contribution in [0.3, 0.4) is 0 Å². The molecule has 2 aliphatic rings. The van der Waals surface area contributed by atoms with Crippen molar-refractivity contribution in [3.8, 4) is 0 Å². The number of carbonyl (C=O) groups excluding carboxylic acids is 1. The number of rotatable bonds is 4. The fourth-order valence-corrected chi connectivity index (χ4v) is 3.74. The first-order valence-corrected chi connectivity index (χ1v) is 8.68. The minimum atomic E-state index is 0. The van der Waals surface area contributed by atoms with Crippen molar-refractivity contribution in [1.82, 2.24) is 10.2 Å². The Kier molecular flexibility index (Phi) is 8.65. The van der Waals surface area contributed by atoms with Gasteiger partial charge in [0.1, 0.15) is 0 Å². The van der Waals surface area contributed by atoms with Crippen LogP contribution in [0.1, 0.15) is 58.8 Å². The minimum Gasteiger partial charge on any atom is -0.341 e. The van der Waals surface area contributed by atoms with Gasteiger partial charge in [0.05, 0.1) is 0 Å². The van der Waals surface area contributed by atoms with Crippen LogP contribution in [0.15, 0.2) is 0 Å².